The summed E-state index contributed by atoms with van der Waals surface area (Å²) in [5.74, 6) is 0.0585. The Morgan fingerprint density at radius 1 is 1.42 bits per heavy atom. The molecule has 0 radical (unpaired) electrons. The molecule has 3 nitrogen and oxygen atoms in total. The maximum Gasteiger partial charge on any atom is 0.335 e. The molecule has 0 aromatic heterocycles. The van der Waals surface area contributed by atoms with Gasteiger partial charge in [-0.3, -0.25) is 0 Å². The molecule has 0 aliphatic carbocycles. The van der Waals surface area contributed by atoms with E-state index in [9.17, 15) is 4.79 Å². The third-order valence-corrected chi connectivity index (χ3v) is 3.93. The minimum absolute atomic E-state index is 0.242. The summed E-state index contributed by atoms with van der Waals surface area (Å²) in [6.45, 7) is 3.91. The smallest absolute Gasteiger partial charge is 0.335 e. The van der Waals surface area contributed by atoms with Crippen LogP contribution in [0.2, 0.25) is 0 Å². The van der Waals surface area contributed by atoms with Crippen LogP contribution < -0.4 is 0 Å². The Labute approximate surface area is 118 Å². The van der Waals surface area contributed by atoms with E-state index in [0.717, 1.165) is 29.9 Å². The average molecular weight is 277 g/mol. The SMILES string of the molecule is CC(C)(C#N)CCCCSc1cccc(C(=O)O)c1. The van der Waals surface area contributed by atoms with E-state index in [2.05, 4.69) is 6.07 Å². The number of thioether (sulfide) groups is 1. The summed E-state index contributed by atoms with van der Waals surface area (Å²) in [6.07, 6.45) is 2.96. The Morgan fingerprint density at radius 3 is 2.79 bits per heavy atom. The summed E-state index contributed by atoms with van der Waals surface area (Å²) in [7, 11) is 0. The molecule has 1 aromatic carbocycles. The Morgan fingerprint density at radius 2 is 2.16 bits per heavy atom. The molecule has 0 unspecified atom stereocenters. The molecule has 1 aromatic rings. The van der Waals surface area contributed by atoms with Crippen LogP contribution in [0.5, 0.6) is 0 Å². The van der Waals surface area contributed by atoms with Crippen LogP contribution in [0.4, 0.5) is 0 Å². The summed E-state index contributed by atoms with van der Waals surface area (Å²) in [5, 5.41) is 17.8. The summed E-state index contributed by atoms with van der Waals surface area (Å²) >= 11 is 1.66. The van der Waals surface area contributed by atoms with Crippen molar-refractivity contribution in [1.82, 2.24) is 0 Å². The second-order valence-electron chi connectivity index (χ2n) is 5.13. The van der Waals surface area contributed by atoms with Gasteiger partial charge in [-0.15, -0.1) is 11.8 Å². The van der Waals surface area contributed by atoms with Crippen molar-refractivity contribution in [2.75, 3.05) is 5.75 Å². The molecule has 19 heavy (non-hydrogen) atoms. The van der Waals surface area contributed by atoms with E-state index in [4.69, 9.17) is 10.4 Å². The largest absolute Gasteiger partial charge is 0.478 e. The van der Waals surface area contributed by atoms with E-state index in [0.29, 0.717) is 5.56 Å². The molecule has 0 atom stereocenters. The highest BCUT2D eigenvalue weighted by Gasteiger charge is 2.15. The molecule has 0 amide bonds. The van der Waals surface area contributed by atoms with Crippen molar-refractivity contribution >= 4 is 17.7 Å². The fraction of sp³-hybridized carbons (Fsp3) is 0.467. The van der Waals surface area contributed by atoms with E-state index in [1.807, 2.05) is 19.9 Å². The van der Waals surface area contributed by atoms with Gasteiger partial charge in [0.1, 0.15) is 0 Å². The number of hydrogen-bond acceptors (Lipinski definition) is 3. The number of carboxylic acids is 1. The fourth-order valence-electron chi connectivity index (χ4n) is 1.63. The lowest BCUT2D eigenvalue weighted by molar-refractivity contribution is 0.0696. The van der Waals surface area contributed by atoms with Crippen molar-refractivity contribution in [2.45, 2.75) is 38.0 Å². The molecule has 1 rings (SSSR count). The van der Waals surface area contributed by atoms with Crippen LogP contribution >= 0.6 is 11.8 Å². The monoisotopic (exact) mass is 277 g/mol. The van der Waals surface area contributed by atoms with E-state index in [1.165, 1.54) is 0 Å². The number of aromatic carboxylic acids is 1. The van der Waals surface area contributed by atoms with Crippen LogP contribution in [0.15, 0.2) is 29.2 Å². The fourth-order valence-corrected chi connectivity index (χ4v) is 2.60. The van der Waals surface area contributed by atoms with Gasteiger partial charge in [-0.25, -0.2) is 4.79 Å². The lowest BCUT2D eigenvalue weighted by Gasteiger charge is -2.14. The summed E-state index contributed by atoms with van der Waals surface area (Å²) in [4.78, 5) is 11.8. The van der Waals surface area contributed by atoms with Crippen molar-refractivity contribution in [3.63, 3.8) is 0 Å². The Balaban J connectivity index is 2.32. The molecule has 0 aliphatic rings. The summed E-state index contributed by atoms with van der Waals surface area (Å²) in [5.41, 5.74) is 0.0871. The van der Waals surface area contributed by atoms with E-state index in [-0.39, 0.29) is 5.41 Å². The first-order valence-electron chi connectivity index (χ1n) is 6.32. The van der Waals surface area contributed by atoms with Crippen LogP contribution in [0.1, 0.15) is 43.5 Å². The van der Waals surface area contributed by atoms with Crippen molar-refractivity contribution in [2.24, 2.45) is 5.41 Å². The van der Waals surface area contributed by atoms with Crippen molar-refractivity contribution < 1.29 is 9.90 Å². The zero-order chi connectivity index (χ0) is 14.3. The predicted molar refractivity (Wildman–Crippen MR) is 77.4 cm³/mol. The Hall–Kier alpha value is -1.47. The number of rotatable bonds is 7. The second kappa shape index (κ2) is 7.20. The first kappa shape index (κ1) is 15.6. The van der Waals surface area contributed by atoms with Gasteiger partial charge in [-0.2, -0.15) is 5.26 Å². The number of carboxylic acid groups (broad SMARTS) is 1. The highest BCUT2D eigenvalue weighted by molar-refractivity contribution is 7.99. The first-order chi connectivity index (χ1) is 8.94. The molecular weight excluding hydrogens is 258 g/mol. The standard InChI is InChI=1S/C15H19NO2S/c1-15(2,11-16)8-3-4-9-19-13-7-5-6-12(10-13)14(17)18/h5-7,10H,3-4,8-9H2,1-2H3,(H,17,18). The minimum Gasteiger partial charge on any atom is -0.478 e. The van der Waals surface area contributed by atoms with Gasteiger partial charge in [0, 0.05) is 4.90 Å². The lowest BCUT2D eigenvalue weighted by atomic mass is 9.89. The van der Waals surface area contributed by atoms with Gasteiger partial charge in [-0.05, 0) is 50.6 Å². The van der Waals surface area contributed by atoms with Gasteiger partial charge in [0.25, 0.3) is 0 Å². The maximum atomic E-state index is 10.8. The zero-order valence-electron chi connectivity index (χ0n) is 11.3. The van der Waals surface area contributed by atoms with Crippen LogP contribution in [0, 0.1) is 16.7 Å². The Bertz CT molecular complexity index is 477. The molecule has 0 bridgehead atoms. The lowest BCUT2D eigenvalue weighted by Crippen LogP contribution is -2.07. The molecule has 0 spiro atoms. The van der Waals surface area contributed by atoms with E-state index >= 15 is 0 Å². The summed E-state index contributed by atoms with van der Waals surface area (Å²) in [6, 6.07) is 9.29. The quantitative estimate of drug-likeness (QED) is 0.599. The van der Waals surface area contributed by atoms with Gasteiger partial charge < -0.3 is 5.11 Å². The second-order valence-corrected chi connectivity index (χ2v) is 6.30. The minimum atomic E-state index is -0.891. The molecule has 102 valence electrons. The van der Waals surface area contributed by atoms with Crippen molar-refractivity contribution in [3.05, 3.63) is 29.8 Å². The Kier molecular flexibility index (Phi) is 5.91. The topological polar surface area (TPSA) is 61.1 Å². The molecule has 1 N–H and O–H groups in total. The number of carbonyl (C=O) groups is 1. The van der Waals surface area contributed by atoms with Crippen molar-refractivity contribution in [1.29, 1.82) is 5.26 Å². The number of benzene rings is 1. The van der Waals surface area contributed by atoms with Gasteiger partial charge in [-0.1, -0.05) is 12.5 Å². The predicted octanol–water partition coefficient (Wildman–Crippen LogP) is 4.20. The third-order valence-electron chi connectivity index (χ3n) is 2.85. The molecular formula is C15H19NO2S. The van der Waals surface area contributed by atoms with Crippen LogP contribution in [0.3, 0.4) is 0 Å². The maximum absolute atomic E-state index is 10.8. The molecule has 0 fully saturated rings. The van der Waals surface area contributed by atoms with Crippen LogP contribution in [0.25, 0.3) is 0 Å². The van der Waals surface area contributed by atoms with Gasteiger partial charge >= 0.3 is 5.97 Å². The molecule has 0 saturated carbocycles. The molecule has 4 heteroatoms. The molecule has 0 aliphatic heterocycles. The third kappa shape index (κ3) is 5.80. The zero-order valence-corrected chi connectivity index (χ0v) is 12.2. The molecule has 0 saturated heterocycles. The number of nitrogens with zero attached hydrogens (tertiary/aromatic N) is 1. The van der Waals surface area contributed by atoms with Crippen molar-refractivity contribution in [3.8, 4) is 6.07 Å². The van der Waals surface area contributed by atoms with Crippen LogP contribution in [-0.4, -0.2) is 16.8 Å². The van der Waals surface area contributed by atoms with Gasteiger partial charge in [0.05, 0.1) is 17.0 Å². The number of unbranched alkanes of at least 4 members (excludes halogenated alkanes) is 1. The molecule has 0 heterocycles. The highest BCUT2D eigenvalue weighted by atomic mass is 32.2. The van der Waals surface area contributed by atoms with E-state index < -0.39 is 5.97 Å². The highest BCUT2D eigenvalue weighted by Crippen LogP contribution is 2.24. The average Bonchev–Trinajstić information content (AvgIpc) is 2.38. The van der Waals surface area contributed by atoms with E-state index in [1.54, 1.807) is 30.0 Å². The normalized spacial score (nSPS) is 11.0. The van der Waals surface area contributed by atoms with Gasteiger partial charge in [0.15, 0.2) is 0 Å². The number of nitriles is 1. The van der Waals surface area contributed by atoms with Gasteiger partial charge in [0.2, 0.25) is 0 Å². The number of hydrogen-bond donors (Lipinski definition) is 1. The first-order valence-corrected chi connectivity index (χ1v) is 7.30. The summed E-state index contributed by atoms with van der Waals surface area (Å²) < 4.78 is 0. The van der Waals surface area contributed by atoms with Crippen LogP contribution in [-0.2, 0) is 0 Å².